The third-order valence-electron chi connectivity index (χ3n) is 2.95. The van der Waals surface area contributed by atoms with Crippen molar-refractivity contribution in [1.82, 2.24) is 5.32 Å². The number of hydrogen-bond acceptors (Lipinski definition) is 2. The summed E-state index contributed by atoms with van der Waals surface area (Å²) >= 11 is 1.98. The van der Waals surface area contributed by atoms with Gasteiger partial charge in [0.15, 0.2) is 0 Å². The van der Waals surface area contributed by atoms with E-state index in [9.17, 15) is 4.39 Å². The molecule has 1 heterocycles. The van der Waals surface area contributed by atoms with Crippen LogP contribution in [0.2, 0.25) is 0 Å². The van der Waals surface area contributed by atoms with Gasteiger partial charge in [-0.15, -0.1) is 0 Å². The standard InChI is InChI=1S/C13H18FNS/c1-9-12(15-13(2,3)8-16-9)10-4-6-11(14)7-5-10/h4-7,9,12,15H,8H2,1-3H3. The van der Waals surface area contributed by atoms with Crippen LogP contribution in [-0.2, 0) is 0 Å². The zero-order valence-corrected chi connectivity index (χ0v) is 10.8. The second-order valence-electron chi connectivity index (χ2n) is 5.07. The maximum atomic E-state index is 12.9. The molecule has 1 N–H and O–H groups in total. The fraction of sp³-hybridized carbons (Fsp3) is 0.538. The third kappa shape index (κ3) is 2.58. The summed E-state index contributed by atoms with van der Waals surface area (Å²) in [6.45, 7) is 6.64. The summed E-state index contributed by atoms with van der Waals surface area (Å²) in [5.41, 5.74) is 1.32. The molecule has 1 aromatic rings. The molecule has 0 radical (unpaired) electrons. The summed E-state index contributed by atoms with van der Waals surface area (Å²) in [5, 5.41) is 4.16. The van der Waals surface area contributed by atoms with E-state index in [0.29, 0.717) is 11.3 Å². The van der Waals surface area contributed by atoms with E-state index in [0.717, 1.165) is 5.75 Å². The van der Waals surface area contributed by atoms with Crippen LogP contribution in [0.15, 0.2) is 24.3 Å². The average molecular weight is 239 g/mol. The highest BCUT2D eigenvalue weighted by molar-refractivity contribution is 8.00. The molecule has 0 amide bonds. The molecule has 1 aliphatic heterocycles. The van der Waals surface area contributed by atoms with Crippen molar-refractivity contribution >= 4 is 11.8 Å². The van der Waals surface area contributed by atoms with E-state index in [1.54, 1.807) is 0 Å². The maximum absolute atomic E-state index is 12.9. The molecular formula is C13H18FNS. The molecule has 2 rings (SSSR count). The van der Waals surface area contributed by atoms with Crippen molar-refractivity contribution in [1.29, 1.82) is 0 Å². The number of halogens is 1. The van der Waals surface area contributed by atoms with E-state index < -0.39 is 0 Å². The van der Waals surface area contributed by atoms with E-state index in [4.69, 9.17) is 0 Å². The first kappa shape index (κ1) is 11.9. The Bertz CT molecular complexity index is 361. The summed E-state index contributed by atoms with van der Waals surface area (Å²) in [5.74, 6) is 0.949. The summed E-state index contributed by atoms with van der Waals surface area (Å²) < 4.78 is 12.9. The highest BCUT2D eigenvalue weighted by Crippen LogP contribution is 2.35. The minimum atomic E-state index is -0.167. The van der Waals surface area contributed by atoms with Crippen LogP contribution in [0.4, 0.5) is 4.39 Å². The van der Waals surface area contributed by atoms with Crippen LogP contribution in [0.3, 0.4) is 0 Å². The molecular weight excluding hydrogens is 221 g/mol. The van der Waals surface area contributed by atoms with Crippen LogP contribution in [0.5, 0.6) is 0 Å². The lowest BCUT2D eigenvalue weighted by atomic mass is 9.98. The normalized spacial score (nSPS) is 29.0. The maximum Gasteiger partial charge on any atom is 0.123 e. The van der Waals surface area contributed by atoms with Crippen LogP contribution in [0.25, 0.3) is 0 Å². The number of benzene rings is 1. The monoisotopic (exact) mass is 239 g/mol. The predicted molar refractivity (Wildman–Crippen MR) is 68.3 cm³/mol. The SMILES string of the molecule is CC1SCC(C)(C)NC1c1ccc(F)cc1. The van der Waals surface area contributed by atoms with E-state index in [1.165, 1.54) is 17.7 Å². The number of hydrogen-bond donors (Lipinski definition) is 1. The molecule has 0 bridgehead atoms. The van der Waals surface area contributed by atoms with Gasteiger partial charge in [0.25, 0.3) is 0 Å². The summed E-state index contributed by atoms with van der Waals surface area (Å²) in [6.07, 6.45) is 0. The van der Waals surface area contributed by atoms with Crippen molar-refractivity contribution in [2.24, 2.45) is 0 Å². The van der Waals surface area contributed by atoms with Crippen molar-refractivity contribution in [3.05, 3.63) is 35.6 Å². The van der Waals surface area contributed by atoms with Crippen molar-refractivity contribution in [3.63, 3.8) is 0 Å². The van der Waals surface area contributed by atoms with Gasteiger partial charge in [0.2, 0.25) is 0 Å². The Hall–Kier alpha value is -0.540. The third-order valence-corrected chi connectivity index (χ3v) is 4.64. The van der Waals surface area contributed by atoms with Crippen LogP contribution < -0.4 is 5.32 Å². The van der Waals surface area contributed by atoms with E-state index in [1.807, 2.05) is 23.9 Å². The predicted octanol–water partition coefficient (Wildman–Crippen LogP) is 3.37. The Morgan fingerprint density at radius 1 is 1.31 bits per heavy atom. The Balaban J connectivity index is 2.21. The zero-order chi connectivity index (χ0) is 11.8. The molecule has 1 aliphatic rings. The first-order chi connectivity index (χ1) is 7.48. The summed E-state index contributed by atoms with van der Waals surface area (Å²) in [4.78, 5) is 0. The van der Waals surface area contributed by atoms with Crippen LogP contribution in [0, 0.1) is 5.82 Å². The van der Waals surface area contributed by atoms with Gasteiger partial charge >= 0.3 is 0 Å². The van der Waals surface area contributed by atoms with Gasteiger partial charge in [0.1, 0.15) is 5.82 Å². The fourth-order valence-corrected chi connectivity index (χ4v) is 3.22. The molecule has 3 heteroatoms. The van der Waals surface area contributed by atoms with Gasteiger partial charge in [-0.25, -0.2) is 4.39 Å². The molecule has 0 aliphatic carbocycles. The first-order valence-corrected chi connectivity index (χ1v) is 6.68. The lowest BCUT2D eigenvalue weighted by molar-refractivity contribution is 0.352. The van der Waals surface area contributed by atoms with Gasteiger partial charge in [-0.2, -0.15) is 11.8 Å². The van der Waals surface area contributed by atoms with Gasteiger partial charge in [-0.05, 0) is 31.5 Å². The molecule has 2 atom stereocenters. The Morgan fingerprint density at radius 2 is 1.94 bits per heavy atom. The lowest BCUT2D eigenvalue weighted by Gasteiger charge is -2.41. The molecule has 1 nitrogen and oxygen atoms in total. The number of rotatable bonds is 1. The number of thioether (sulfide) groups is 1. The highest BCUT2D eigenvalue weighted by atomic mass is 32.2. The molecule has 16 heavy (non-hydrogen) atoms. The molecule has 1 aromatic carbocycles. The van der Waals surface area contributed by atoms with E-state index in [-0.39, 0.29) is 11.4 Å². The van der Waals surface area contributed by atoms with Crippen molar-refractivity contribution in [3.8, 4) is 0 Å². The largest absolute Gasteiger partial charge is 0.303 e. The molecule has 2 unspecified atom stereocenters. The molecule has 1 saturated heterocycles. The zero-order valence-electron chi connectivity index (χ0n) is 9.96. The highest BCUT2D eigenvalue weighted by Gasteiger charge is 2.32. The quantitative estimate of drug-likeness (QED) is 0.806. The van der Waals surface area contributed by atoms with Gasteiger partial charge in [-0.3, -0.25) is 0 Å². The Morgan fingerprint density at radius 3 is 2.56 bits per heavy atom. The number of nitrogens with one attached hydrogen (secondary N) is 1. The minimum Gasteiger partial charge on any atom is -0.303 e. The van der Waals surface area contributed by atoms with E-state index in [2.05, 4.69) is 26.1 Å². The Kier molecular flexibility index (Phi) is 3.27. The van der Waals surface area contributed by atoms with Crippen LogP contribution in [-0.4, -0.2) is 16.5 Å². The molecule has 0 saturated carbocycles. The van der Waals surface area contributed by atoms with Gasteiger partial charge < -0.3 is 5.32 Å². The molecule has 1 fully saturated rings. The average Bonchev–Trinajstić information content (AvgIpc) is 2.23. The second-order valence-corrected chi connectivity index (χ2v) is 6.44. The summed E-state index contributed by atoms with van der Waals surface area (Å²) in [6, 6.07) is 7.15. The first-order valence-electron chi connectivity index (χ1n) is 5.63. The molecule has 88 valence electrons. The fourth-order valence-electron chi connectivity index (χ4n) is 2.04. The van der Waals surface area contributed by atoms with Gasteiger partial charge in [0.05, 0.1) is 0 Å². The van der Waals surface area contributed by atoms with E-state index >= 15 is 0 Å². The molecule has 0 aromatic heterocycles. The second kappa shape index (κ2) is 4.38. The van der Waals surface area contributed by atoms with Crippen molar-refractivity contribution < 1.29 is 4.39 Å². The molecule has 0 spiro atoms. The van der Waals surface area contributed by atoms with Gasteiger partial charge in [0, 0.05) is 22.6 Å². The summed E-state index contributed by atoms with van der Waals surface area (Å²) in [7, 11) is 0. The van der Waals surface area contributed by atoms with Crippen molar-refractivity contribution in [2.45, 2.75) is 37.6 Å². The Labute approximate surface area is 101 Å². The lowest BCUT2D eigenvalue weighted by Crippen LogP contribution is -2.50. The van der Waals surface area contributed by atoms with Gasteiger partial charge in [-0.1, -0.05) is 19.1 Å². The smallest absolute Gasteiger partial charge is 0.123 e. The van der Waals surface area contributed by atoms with Crippen LogP contribution in [0.1, 0.15) is 32.4 Å². The topological polar surface area (TPSA) is 12.0 Å². The minimum absolute atomic E-state index is 0.149. The van der Waals surface area contributed by atoms with Crippen molar-refractivity contribution in [2.75, 3.05) is 5.75 Å². The van der Waals surface area contributed by atoms with Crippen LogP contribution >= 0.6 is 11.8 Å².